The van der Waals surface area contributed by atoms with Gasteiger partial charge in [-0.05, 0) is 24.8 Å². The van der Waals surface area contributed by atoms with E-state index in [4.69, 9.17) is 0 Å². The Hall–Kier alpha value is -1.31. The monoisotopic (exact) mass is 232 g/mol. The fourth-order valence-corrected chi connectivity index (χ4v) is 3.42. The zero-order chi connectivity index (χ0) is 12.3. The van der Waals surface area contributed by atoms with E-state index in [2.05, 4.69) is 12.1 Å². The Kier molecular flexibility index (Phi) is 3.51. The van der Waals surface area contributed by atoms with E-state index in [-0.39, 0.29) is 11.3 Å². The SMILES string of the molecule is CCC(C(=O)O)C1(c2ccccc2)CCCC1. The number of carbonyl (C=O) groups is 1. The van der Waals surface area contributed by atoms with Gasteiger partial charge in [-0.2, -0.15) is 0 Å². The molecule has 1 unspecified atom stereocenters. The number of carboxylic acid groups (broad SMARTS) is 1. The van der Waals surface area contributed by atoms with Crippen molar-refractivity contribution in [2.45, 2.75) is 44.4 Å². The molecule has 0 heterocycles. The largest absolute Gasteiger partial charge is 0.481 e. The van der Waals surface area contributed by atoms with Crippen LogP contribution in [0.4, 0.5) is 0 Å². The molecule has 0 saturated heterocycles. The first-order valence-electron chi connectivity index (χ1n) is 6.49. The normalized spacial score (nSPS) is 20.1. The van der Waals surface area contributed by atoms with E-state index in [0.29, 0.717) is 6.42 Å². The first-order valence-corrected chi connectivity index (χ1v) is 6.49. The summed E-state index contributed by atoms with van der Waals surface area (Å²) in [5.74, 6) is -0.884. The highest BCUT2D eigenvalue weighted by Crippen LogP contribution is 2.47. The van der Waals surface area contributed by atoms with Crippen LogP contribution in [0.5, 0.6) is 0 Å². The number of carboxylic acids is 1. The van der Waals surface area contributed by atoms with Crippen LogP contribution in [0, 0.1) is 5.92 Å². The molecule has 0 bridgehead atoms. The minimum atomic E-state index is -0.641. The van der Waals surface area contributed by atoms with E-state index in [0.717, 1.165) is 25.7 Å². The fraction of sp³-hybridized carbons (Fsp3) is 0.533. The third kappa shape index (κ3) is 2.08. The van der Waals surface area contributed by atoms with Gasteiger partial charge in [0.1, 0.15) is 0 Å². The van der Waals surface area contributed by atoms with Gasteiger partial charge in [-0.25, -0.2) is 0 Å². The van der Waals surface area contributed by atoms with Gasteiger partial charge in [-0.1, -0.05) is 50.1 Å². The maximum atomic E-state index is 11.5. The summed E-state index contributed by atoms with van der Waals surface area (Å²) >= 11 is 0. The predicted octanol–water partition coefficient (Wildman–Crippen LogP) is 3.61. The Morgan fingerprint density at radius 3 is 2.35 bits per heavy atom. The molecular weight excluding hydrogens is 212 g/mol. The number of benzene rings is 1. The standard InChI is InChI=1S/C15H20O2/c1-2-13(14(16)17)15(10-6-7-11-15)12-8-4-3-5-9-12/h3-5,8-9,13H,2,6-7,10-11H2,1H3,(H,16,17). The summed E-state index contributed by atoms with van der Waals surface area (Å²) in [4.78, 5) is 11.5. The second-order valence-corrected chi connectivity index (χ2v) is 5.03. The van der Waals surface area contributed by atoms with Gasteiger partial charge >= 0.3 is 5.97 Å². The summed E-state index contributed by atoms with van der Waals surface area (Å²) in [7, 11) is 0. The van der Waals surface area contributed by atoms with Crippen LogP contribution in [0.3, 0.4) is 0 Å². The second kappa shape index (κ2) is 4.91. The van der Waals surface area contributed by atoms with Gasteiger partial charge in [0.05, 0.1) is 5.92 Å². The molecule has 0 radical (unpaired) electrons. The Bertz CT molecular complexity index is 377. The van der Waals surface area contributed by atoms with Gasteiger partial charge in [-0.3, -0.25) is 4.79 Å². The summed E-state index contributed by atoms with van der Waals surface area (Å²) in [6, 6.07) is 10.2. The van der Waals surface area contributed by atoms with Gasteiger partial charge in [-0.15, -0.1) is 0 Å². The van der Waals surface area contributed by atoms with Crippen molar-refractivity contribution < 1.29 is 9.90 Å². The van der Waals surface area contributed by atoms with E-state index in [1.165, 1.54) is 5.56 Å². The predicted molar refractivity (Wildman–Crippen MR) is 68.0 cm³/mol. The molecule has 1 aliphatic rings. The first kappa shape index (κ1) is 12.2. The molecule has 2 heteroatoms. The molecule has 1 atom stereocenters. The first-order chi connectivity index (χ1) is 8.20. The summed E-state index contributed by atoms with van der Waals surface area (Å²) in [5, 5.41) is 9.46. The average Bonchev–Trinajstić information content (AvgIpc) is 2.81. The Labute approximate surface area is 103 Å². The van der Waals surface area contributed by atoms with Crippen molar-refractivity contribution in [2.75, 3.05) is 0 Å². The van der Waals surface area contributed by atoms with Crippen molar-refractivity contribution in [1.29, 1.82) is 0 Å². The van der Waals surface area contributed by atoms with Crippen LogP contribution in [0.2, 0.25) is 0 Å². The van der Waals surface area contributed by atoms with Crippen molar-refractivity contribution in [3.8, 4) is 0 Å². The van der Waals surface area contributed by atoms with E-state index in [1.807, 2.05) is 25.1 Å². The molecule has 0 amide bonds. The average molecular weight is 232 g/mol. The number of rotatable bonds is 4. The van der Waals surface area contributed by atoms with Crippen molar-refractivity contribution in [2.24, 2.45) is 5.92 Å². The summed E-state index contributed by atoms with van der Waals surface area (Å²) in [6.07, 6.45) is 5.05. The summed E-state index contributed by atoms with van der Waals surface area (Å²) in [5.41, 5.74) is 1.09. The zero-order valence-corrected chi connectivity index (χ0v) is 10.4. The van der Waals surface area contributed by atoms with Gasteiger partial charge in [0.25, 0.3) is 0 Å². The molecule has 1 aromatic carbocycles. The van der Waals surface area contributed by atoms with E-state index >= 15 is 0 Å². The quantitative estimate of drug-likeness (QED) is 0.861. The van der Waals surface area contributed by atoms with Crippen LogP contribution in [0.1, 0.15) is 44.6 Å². The Balaban J connectivity index is 2.42. The smallest absolute Gasteiger partial charge is 0.307 e. The Morgan fingerprint density at radius 1 is 1.29 bits per heavy atom. The Morgan fingerprint density at radius 2 is 1.88 bits per heavy atom. The third-order valence-electron chi connectivity index (χ3n) is 4.22. The number of hydrogen-bond acceptors (Lipinski definition) is 1. The highest BCUT2D eigenvalue weighted by molar-refractivity contribution is 5.72. The van der Waals surface area contributed by atoms with Gasteiger partial charge in [0.15, 0.2) is 0 Å². The van der Waals surface area contributed by atoms with Gasteiger partial charge in [0.2, 0.25) is 0 Å². The molecule has 1 N–H and O–H groups in total. The maximum Gasteiger partial charge on any atom is 0.307 e. The van der Waals surface area contributed by atoms with Crippen molar-refractivity contribution >= 4 is 5.97 Å². The zero-order valence-electron chi connectivity index (χ0n) is 10.4. The molecule has 1 fully saturated rings. The van der Waals surface area contributed by atoms with Crippen LogP contribution in [0.15, 0.2) is 30.3 Å². The molecule has 0 aromatic heterocycles. The molecule has 0 aliphatic heterocycles. The van der Waals surface area contributed by atoms with E-state index in [9.17, 15) is 9.90 Å². The number of aliphatic carboxylic acids is 1. The van der Waals surface area contributed by atoms with Crippen molar-refractivity contribution in [3.05, 3.63) is 35.9 Å². The summed E-state index contributed by atoms with van der Waals surface area (Å²) in [6.45, 7) is 1.99. The molecule has 17 heavy (non-hydrogen) atoms. The minimum absolute atomic E-state index is 0.123. The molecule has 92 valence electrons. The third-order valence-corrected chi connectivity index (χ3v) is 4.22. The maximum absolute atomic E-state index is 11.5. The molecule has 2 nitrogen and oxygen atoms in total. The highest BCUT2D eigenvalue weighted by atomic mass is 16.4. The molecule has 1 aromatic rings. The van der Waals surface area contributed by atoms with Crippen LogP contribution >= 0.6 is 0 Å². The molecule has 1 aliphatic carbocycles. The molecule has 2 rings (SSSR count). The topological polar surface area (TPSA) is 37.3 Å². The minimum Gasteiger partial charge on any atom is -0.481 e. The van der Waals surface area contributed by atoms with Gasteiger partial charge in [0, 0.05) is 5.41 Å². The van der Waals surface area contributed by atoms with Crippen molar-refractivity contribution in [3.63, 3.8) is 0 Å². The number of hydrogen-bond donors (Lipinski definition) is 1. The summed E-state index contributed by atoms with van der Waals surface area (Å²) < 4.78 is 0. The molecule has 0 spiro atoms. The van der Waals surface area contributed by atoms with Crippen LogP contribution in [0.25, 0.3) is 0 Å². The lowest BCUT2D eigenvalue weighted by Crippen LogP contribution is -2.37. The highest BCUT2D eigenvalue weighted by Gasteiger charge is 2.45. The lowest BCUT2D eigenvalue weighted by Gasteiger charge is -2.35. The van der Waals surface area contributed by atoms with E-state index in [1.54, 1.807) is 0 Å². The molecular formula is C15H20O2. The van der Waals surface area contributed by atoms with E-state index < -0.39 is 5.97 Å². The van der Waals surface area contributed by atoms with Crippen molar-refractivity contribution in [1.82, 2.24) is 0 Å². The molecule has 1 saturated carbocycles. The van der Waals surface area contributed by atoms with Crippen LogP contribution in [-0.4, -0.2) is 11.1 Å². The lowest BCUT2D eigenvalue weighted by atomic mass is 9.68. The van der Waals surface area contributed by atoms with Crippen LogP contribution < -0.4 is 0 Å². The van der Waals surface area contributed by atoms with Crippen LogP contribution in [-0.2, 0) is 10.2 Å². The second-order valence-electron chi connectivity index (χ2n) is 5.03. The fourth-order valence-electron chi connectivity index (χ4n) is 3.42. The van der Waals surface area contributed by atoms with Gasteiger partial charge < -0.3 is 5.11 Å². The lowest BCUT2D eigenvalue weighted by molar-refractivity contribution is -0.144.